The maximum Gasteiger partial charge on any atom is 0.235 e. The number of halogens is 6. The third-order valence-corrected chi connectivity index (χ3v) is 13.6. The first-order chi connectivity index (χ1) is 31.9. The van der Waals surface area contributed by atoms with Gasteiger partial charge in [-0.15, -0.1) is 46.4 Å². The Kier molecular flexibility index (Phi) is 13.0. The Hall–Kier alpha value is -5.35. The Balaban J connectivity index is 1.11. The Morgan fingerprint density at radius 3 is 1.48 bits per heavy atom. The number of carbonyl (C=O) groups excluding carboxylic acids is 4. The fourth-order valence-corrected chi connectivity index (χ4v) is 9.74. The molecule has 0 saturated carbocycles. The number of ether oxygens (including phenoxy) is 2. The molecule has 5 N–H and O–H groups in total. The largest absolute Gasteiger partial charge is 0.455 e. The van der Waals surface area contributed by atoms with Crippen LogP contribution in [0.2, 0.25) is 0 Å². The Bertz CT molecular complexity index is 3180. The second-order valence-corrected chi connectivity index (χ2v) is 17.6. The number of nitrogens with zero attached hydrogens (tertiary/aromatic N) is 3. The van der Waals surface area contributed by atoms with Crippen LogP contribution in [-0.2, 0) is 58.4 Å². The molecule has 1 atom stereocenters. The van der Waals surface area contributed by atoms with Crippen molar-refractivity contribution in [3.05, 3.63) is 92.4 Å². The van der Waals surface area contributed by atoms with E-state index in [1.165, 1.54) is 0 Å². The maximum absolute atomic E-state index is 12.2. The number of aliphatic imine (C=N–C) groups is 1. The van der Waals surface area contributed by atoms with Crippen LogP contribution in [0.15, 0.2) is 75.1 Å². The highest BCUT2D eigenvalue weighted by Crippen LogP contribution is 2.49. The molecular formula is C46H40Cl6N8O6. The Labute approximate surface area is 407 Å². The average Bonchev–Trinajstić information content (AvgIpc) is 3.80. The van der Waals surface area contributed by atoms with Crippen LogP contribution >= 0.6 is 69.6 Å². The lowest BCUT2D eigenvalue weighted by atomic mass is 9.99. The van der Waals surface area contributed by atoms with Gasteiger partial charge in [-0.2, -0.15) is 0 Å². The average molecular weight is 1010 g/mol. The normalized spacial score (nSPS) is 15.1. The Morgan fingerprint density at radius 2 is 1.02 bits per heavy atom. The number of amides is 4. The summed E-state index contributed by atoms with van der Waals surface area (Å²) in [6.07, 6.45) is 0. The number of fused-ring (bicyclic) bond motifs is 10. The van der Waals surface area contributed by atoms with Gasteiger partial charge in [0.2, 0.25) is 23.6 Å². The molecule has 14 nitrogen and oxygen atoms in total. The molecule has 20 heteroatoms. The second-order valence-electron chi connectivity index (χ2n) is 15.7. The highest BCUT2D eigenvalue weighted by molar-refractivity contribution is 6.49. The first kappa shape index (κ1) is 45.8. The van der Waals surface area contributed by atoms with Crippen molar-refractivity contribution in [2.45, 2.75) is 59.2 Å². The van der Waals surface area contributed by atoms with Crippen LogP contribution < -0.4 is 36.1 Å². The molecule has 0 saturated heterocycles. The van der Waals surface area contributed by atoms with E-state index in [-0.39, 0.29) is 84.1 Å². The fraction of sp³-hybridized carbons (Fsp3) is 0.283. The van der Waals surface area contributed by atoms with Crippen molar-refractivity contribution >= 4 is 154 Å². The molecule has 2 aliphatic heterocycles. The lowest BCUT2D eigenvalue weighted by molar-refractivity contribution is -0.119. The van der Waals surface area contributed by atoms with Gasteiger partial charge in [0.1, 0.15) is 46.0 Å². The predicted molar refractivity (Wildman–Crippen MR) is 262 cm³/mol. The second kappa shape index (κ2) is 18.7. The molecular weight excluding hydrogens is 973 g/mol. The summed E-state index contributed by atoms with van der Waals surface area (Å²) >= 11 is 37.6. The molecule has 9 rings (SSSR count). The zero-order chi connectivity index (χ0) is 46.6. The molecule has 3 aliphatic rings. The summed E-state index contributed by atoms with van der Waals surface area (Å²) < 4.78 is 17.6. The van der Waals surface area contributed by atoms with Crippen molar-refractivity contribution < 1.29 is 28.7 Å². The Morgan fingerprint density at radius 1 is 0.591 bits per heavy atom. The molecule has 4 heterocycles. The molecule has 0 spiro atoms. The summed E-state index contributed by atoms with van der Waals surface area (Å²) in [7, 11) is 0. The lowest BCUT2D eigenvalue weighted by Crippen LogP contribution is -2.37. The molecule has 0 fully saturated rings. The summed E-state index contributed by atoms with van der Waals surface area (Å²) in [5.41, 5.74) is 8.35. The number of aryl methyl sites for hydroxylation is 2. The first-order valence-corrected chi connectivity index (χ1v) is 23.8. The van der Waals surface area contributed by atoms with Crippen molar-refractivity contribution in [3.63, 3.8) is 0 Å². The summed E-state index contributed by atoms with van der Waals surface area (Å²) in [4.78, 5) is 53.7. The van der Waals surface area contributed by atoms with E-state index in [9.17, 15) is 19.2 Å². The molecule has 4 aromatic carbocycles. The van der Waals surface area contributed by atoms with Crippen molar-refractivity contribution in [2.75, 3.05) is 28.8 Å². The van der Waals surface area contributed by atoms with E-state index in [4.69, 9.17) is 84.1 Å². The van der Waals surface area contributed by atoms with Crippen molar-refractivity contribution in [3.8, 4) is 11.5 Å². The predicted octanol–water partition coefficient (Wildman–Crippen LogP) is 8.61. The molecule has 66 heavy (non-hydrogen) atoms. The fourth-order valence-electron chi connectivity index (χ4n) is 8.80. The number of hydrogen-bond donors (Lipinski definition) is 5. The number of allylic oxidation sites excluding steroid dienone is 1. The number of alkyl halides is 4. The zero-order valence-corrected chi connectivity index (χ0v) is 39.9. The summed E-state index contributed by atoms with van der Waals surface area (Å²) in [6, 6.07) is 15.1. The number of benzene rings is 4. The van der Waals surface area contributed by atoms with E-state index in [2.05, 4.69) is 35.7 Å². The third kappa shape index (κ3) is 8.15. The van der Waals surface area contributed by atoms with Crippen molar-refractivity contribution in [1.82, 2.24) is 30.4 Å². The summed E-state index contributed by atoms with van der Waals surface area (Å²) in [6.45, 7) is 6.12. The monoisotopic (exact) mass is 1010 g/mol. The number of anilines is 1. The van der Waals surface area contributed by atoms with Crippen LogP contribution in [0.4, 0.5) is 11.4 Å². The van der Waals surface area contributed by atoms with Crippen LogP contribution in [-0.4, -0.2) is 68.0 Å². The molecule has 6 aromatic rings. The quantitative estimate of drug-likeness (QED) is 0.0681. The van der Waals surface area contributed by atoms with E-state index in [0.717, 1.165) is 65.9 Å². The van der Waals surface area contributed by atoms with Gasteiger partial charge in [-0.1, -0.05) is 23.2 Å². The van der Waals surface area contributed by atoms with Crippen molar-refractivity contribution in [2.24, 2.45) is 4.99 Å². The molecule has 0 bridgehead atoms. The smallest absolute Gasteiger partial charge is 0.235 e. The van der Waals surface area contributed by atoms with Gasteiger partial charge >= 0.3 is 0 Å². The minimum absolute atomic E-state index is 0.180. The van der Waals surface area contributed by atoms with Crippen LogP contribution in [0, 0.1) is 0 Å². The van der Waals surface area contributed by atoms with Gasteiger partial charge in [0.15, 0.2) is 23.0 Å². The minimum atomic E-state index is -0.706. The van der Waals surface area contributed by atoms with E-state index >= 15 is 0 Å². The summed E-state index contributed by atoms with van der Waals surface area (Å²) in [5, 5.41) is 19.0. The molecule has 1 unspecified atom stereocenters. The first-order valence-electron chi connectivity index (χ1n) is 20.9. The lowest BCUT2D eigenvalue weighted by Gasteiger charge is -2.35. The number of hydrogen-bond acceptors (Lipinski definition) is 8. The van der Waals surface area contributed by atoms with Gasteiger partial charge in [-0.3, -0.25) is 19.2 Å². The maximum atomic E-state index is 12.2. The van der Waals surface area contributed by atoms with Crippen LogP contribution in [0.5, 0.6) is 11.5 Å². The summed E-state index contributed by atoms with van der Waals surface area (Å²) in [5.74, 6) is -0.395. The number of aromatic nitrogens is 2. The van der Waals surface area contributed by atoms with Gasteiger partial charge in [0.25, 0.3) is 0 Å². The van der Waals surface area contributed by atoms with Crippen LogP contribution in [0.3, 0.4) is 0 Å². The van der Waals surface area contributed by atoms with Gasteiger partial charge in [-0.05, 0) is 84.6 Å². The van der Waals surface area contributed by atoms with Gasteiger partial charge in [-0.25, -0.2) is 4.99 Å². The van der Waals surface area contributed by atoms with Gasteiger partial charge in [0, 0.05) is 71.8 Å². The van der Waals surface area contributed by atoms with Gasteiger partial charge < -0.3 is 45.2 Å². The van der Waals surface area contributed by atoms with Crippen molar-refractivity contribution in [1.29, 1.82) is 0 Å². The molecule has 1 aliphatic carbocycles. The van der Waals surface area contributed by atoms with Crippen LogP contribution in [0.25, 0.3) is 43.6 Å². The number of nitrogens with one attached hydrogen (secondary N) is 5. The zero-order valence-electron chi connectivity index (χ0n) is 35.3. The van der Waals surface area contributed by atoms with E-state index in [0.29, 0.717) is 52.5 Å². The van der Waals surface area contributed by atoms with E-state index in [1.54, 1.807) is 0 Å². The molecule has 342 valence electrons. The highest BCUT2D eigenvalue weighted by Gasteiger charge is 2.41. The van der Waals surface area contributed by atoms with E-state index in [1.807, 2.05) is 62.4 Å². The minimum Gasteiger partial charge on any atom is -0.455 e. The number of carbonyl (C=O) groups is 4. The van der Waals surface area contributed by atoms with E-state index < -0.39 is 6.04 Å². The van der Waals surface area contributed by atoms with Gasteiger partial charge in [0.05, 0.1) is 21.8 Å². The third-order valence-electron chi connectivity index (χ3n) is 11.9. The number of rotatable bonds is 14. The molecule has 4 amide bonds. The highest BCUT2D eigenvalue weighted by atomic mass is 35.5. The topological polar surface area (TPSA) is 169 Å². The standard InChI is InChI=1S/C46H40Cl6N8O6/c1-3-59-31-7-23(19-55-39(63)15-49)21(17-53-37(61)13-47)5-25(31)27-9-35-29(11-33(27)59)57-43-41(51)46-44(42(52)45(43)65-35)58-30-12-34-28(10-36(30)66-46)26-6-22(18-54-38(62)14-48)24(20-56-40(64)16-50)8-32(26)60(34)4-2/h5-12,43,57H,3-4,13-20H2,1-2H3,(H,53,61)(H,54,62)(H,55,63)(H,56,64). The SMILES string of the molecule is CCn1c2cc(CNC(=O)CCl)c(CNC(=O)CCl)cc2c2cc3c(cc21)N=C1C(Cl)=C2Oc4cc5c6cc(CNC(=O)CCl)c(CNC(=O)CCl)cc6n(CC)c5cc4NC2C(Cl)=C1O3. The van der Waals surface area contributed by atoms with Crippen LogP contribution in [0.1, 0.15) is 36.1 Å². The molecule has 2 aromatic heterocycles. The molecule has 0 radical (unpaired) electrons.